The summed E-state index contributed by atoms with van der Waals surface area (Å²) in [4.78, 5) is 22.7. The van der Waals surface area contributed by atoms with Gasteiger partial charge in [0.2, 0.25) is 0 Å². The van der Waals surface area contributed by atoms with Gasteiger partial charge in [0.1, 0.15) is 0 Å². The largest absolute Gasteiger partial charge is 0.481 e. The summed E-state index contributed by atoms with van der Waals surface area (Å²) in [5.41, 5.74) is 0. The Bertz CT molecular complexity index is 239. The Morgan fingerprint density at radius 2 is 2.38 bits per heavy atom. The molecule has 1 rings (SSSR count). The fourth-order valence-corrected chi connectivity index (χ4v) is 0.864. The predicted octanol–water partition coefficient (Wildman–Crippen LogP) is -0.495. The Kier molecular flexibility index (Phi) is 3.13. The molecule has 0 radical (unpaired) electrons. The van der Waals surface area contributed by atoms with E-state index in [2.05, 4.69) is 10.6 Å². The van der Waals surface area contributed by atoms with Gasteiger partial charge in [-0.15, -0.1) is 0 Å². The first-order valence-corrected chi connectivity index (χ1v) is 3.86. The highest BCUT2D eigenvalue weighted by Crippen LogP contribution is 1.94. The highest BCUT2D eigenvalue weighted by Gasteiger charge is 2.12. The third-order valence-electron chi connectivity index (χ3n) is 1.51. The van der Waals surface area contributed by atoms with Gasteiger partial charge in [-0.1, -0.05) is 0 Å². The highest BCUT2D eigenvalue weighted by molar-refractivity contribution is 5.76. The maximum atomic E-state index is 11.2. The summed E-state index contributed by atoms with van der Waals surface area (Å²) >= 11 is 0. The van der Waals surface area contributed by atoms with Gasteiger partial charge in [0, 0.05) is 18.9 Å². The number of hydrogen-bond donors (Lipinski definition) is 3. The number of carbonyl (C=O) groups excluding carboxylic acids is 1. The number of hydrogen-bond acceptors (Lipinski definition) is 3. The van der Waals surface area contributed by atoms with Crippen molar-refractivity contribution in [1.29, 1.82) is 0 Å². The Labute approximate surface area is 75.2 Å². The van der Waals surface area contributed by atoms with Gasteiger partial charge in [0.05, 0.1) is 13.1 Å². The van der Waals surface area contributed by atoms with Gasteiger partial charge in [-0.3, -0.25) is 9.69 Å². The summed E-state index contributed by atoms with van der Waals surface area (Å²) in [6.07, 6.45) is 3.18. The minimum absolute atomic E-state index is 0.0588. The van der Waals surface area contributed by atoms with Gasteiger partial charge >= 0.3 is 12.0 Å². The predicted molar refractivity (Wildman–Crippen MR) is 44.6 cm³/mol. The molecule has 2 amide bonds. The van der Waals surface area contributed by atoms with E-state index in [4.69, 9.17) is 5.11 Å². The number of nitrogens with zero attached hydrogens (tertiary/aromatic N) is 1. The molecule has 0 atom stereocenters. The number of carboxylic acid groups (broad SMARTS) is 1. The van der Waals surface area contributed by atoms with Crippen molar-refractivity contribution in [3.05, 3.63) is 12.4 Å². The average Bonchev–Trinajstić information content (AvgIpc) is 2.55. The zero-order valence-corrected chi connectivity index (χ0v) is 6.99. The molecular formula is C7H11N3O3. The Morgan fingerprint density at radius 3 is 2.92 bits per heavy atom. The number of nitrogens with one attached hydrogen (secondary N) is 2. The summed E-state index contributed by atoms with van der Waals surface area (Å²) in [5.74, 6) is -0.921. The zero-order chi connectivity index (χ0) is 9.68. The Hall–Kier alpha value is -1.72. The molecule has 0 bridgehead atoms. The summed E-state index contributed by atoms with van der Waals surface area (Å²) in [5, 5.41) is 13.6. The lowest BCUT2D eigenvalue weighted by molar-refractivity contribution is -0.136. The van der Waals surface area contributed by atoms with Crippen LogP contribution in [0.4, 0.5) is 4.79 Å². The van der Waals surface area contributed by atoms with Crippen molar-refractivity contribution in [1.82, 2.24) is 15.5 Å². The minimum Gasteiger partial charge on any atom is -0.481 e. The van der Waals surface area contributed by atoms with E-state index in [0.29, 0.717) is 6.67 Å². The van der Waals surface area contributed by atoms with Crippen molar-refractivity contribution >= 4 is 12.0 Å². The lowest BCUT2D eigenvalue weighted by atomic mass is 10.4. The second kappa shape index (κ2) is 4.34. The molecule has 1 aliphatic rings. The number of amides is 2. The minimum atomic E-state index is -0.921. The molecular weight excluding hydrogens is 174 g/mol. The van der Waals surface area contributed by atoms with Gasteiger partial charge in [-0.2, -0.15) is 0 Å². The number of carbonyl (C=O) groups is 2. The van der Waals surface area contributed by atoms with Crippen LogP contribution in [-0.2, 0) is 4.79 Å². The monoisotopic (exact) mass is 185 g/mol. The van der Waals surface area contributed by atoms with Gasteiger partial charge in [-0.25, -0.2) is 4.79 Å². The maximum absolute atomic E-state index is 11.2. The van der Waals surface area contributed by atoms with Crippen LogP contribution in [-0.4, -0.2) is 35.2 Å². The van der Waals surface area contributed by atoms with Crippen LogP contribution >= 0.6 is 0 Å². The van der Waals surface area contributed by atoms with Crippen LogP contribution in [0.15, 0.2) is 12.4 Å². The molecule has 0 unspecified atom stereocenters. The van der Waals surface area contributed by atoms with Crippen molar-refractivity contribution in [3.8, 4) is 0 Å². The smallest absolute Gasteiger partial charge is 0.322 e. The third kappa shape index (κ3) is 3.02. The normalized spacial score (nSPS) is 14.0. The van der Waals surface area contributed by atoms with Crippen LogP contribution in [0.1, 0.15) is 6.42 Å². The molecule has 1 aliphatic heterocycles. The maximum Gasteiger partial charge on any atom is 0.322 e. The van der Waals surface area contributed by atoms with Gasteiger partial charge in [-0.05, 0) is 0 Å². The lowest BCUT2D eigenvalue weighted by Gasteiger charge is -2.12. The number of aliphatic carboxylic acids is 1. The molecule has 13 heavy (non-hydrogen) atoms. The first-order valence-electron chi connectivity index (χ1n) is 3.86. The second-order valence-corrected chi connectivity index (χ2v) is 2.52. The van der Waals surface area contributed by atoms with Crippen molar-refractivity contribution in [2.75, 3.05) is 13.2 Å². The van der Waals surface area contributed by atoms with E-state index in [1.165, 1.54) is 4.90 Å². The fourth-order valence-electron chi connectivity index (χ4n) is 0.864. The Balaban J connectivity index is 2.17. The van der Waals surface area contributed by atoms with Crippen LogP contribution in [0, 0.1) is 0 Å². The summed E-state index contributed by atoms with van der Waals surface area (Å²) in [6, 6.07) is -0.289. The van der Waals surface area contributed by atoms with E-state index in [1.54, 1.807) is 12.4 Å². The first kappa shape index (κ1) is 9.37. The summed E-state index contributed by atoms with van der Waals surface area (Å²) in [7, 11) is 0. The SMILES string of the molecule is O=C(O)CCNC(=O)N1C=CNC1. The molecule has 0 fully saturated rings. The average molecular weight is 185 g/mol. The molecule has 6 heteroatoms. The van der Waals surface area contributed by atoms with E-state index in [0.717, 1.165) is 0 Å². The fraction of sp³-hybridized carbons (Fsp3) is 0.429. The number of rotatable bonds is 3. The Morgan fingerprint density at radius 1 is 1.62 bits per heavy atom. The molecule has 0 saturated carbocycles. The summed E-state index contributed by atoms with van der Waals surface area (Å²) < 4.78 is 0. The summed E-state index contributed by atoms with van der Waals surface area (Å²) in [6.45, 7) is 0.581. The topological polar surface area (TPSA) is 81.7 Å². The molecule has 72 valence electrons. The molecule has 0 aromatic carbocycles. The molecule has 6 nitrogen and oxygen atoms in total. The van der Waals surface area contributed by atoms with Crippen molar-refractivity contribution in [2.45, 2.75) is 6.42 Å². The molecule has 1 heterocycles. The standard InChI is InChI=1S/C7H11N3O3/c11-6(12)1-2-9-7(13)10-4-3-8-5-10/h3-4,8H,1-2,5H2,(H,9,13)(H,11,12). The number of carboxylic acids is 1. The van der Waals surface area contributed by atoms with Gasteiger partial charge in [0.25, 0.3) is 0 Å². The van der Waals surface area contributed by atoms with Gasteiger partial charge in [0.15, 0.2) is 0 Å². The zero-order valence-electron chi connectivity index (χ0n) is 6.99. The third-order valence-corrected chi connectivity index (χ3v) is 1.51. The first-order chi connectivity index (χ1) is 6.20. The highest BCUT2D eigenvalue weighted by atomic mass is 16.4. The second-order valence-electron chi connectivity index (χ2n) is 2.52. The van der Waals surface area contributed by atoms with E-state index < -0.39 is 5.97 Å². The van der Waals surface area contributed by atoms with Crippen LogP contribution in [0.3, 0.4) is 0 Å². The van der Waals surface area contributed by atoms with Crippen LogP contribution < -0.4 is 10.6 Å². The van der Waals surface area contributed by atoms with E-state index in [-0.39, 0.29) is 19.0 Å². The van der Waals surface area contributed by atoms with Crippen LogP contribution in [0.2, 0.25) is 0 Å². The van der Waals surface area contributed by atoms with E-state index >= 15 is 0 Å². The van der Waals surface area contributed by atoms with Crippen molar-refractivity contribution in [3.63, 3.8) is 0 Å². The molecule has 0 aromatic heterocycles. The quantitative estimate of drug-likeness (QED) is 0.554. The molecule has 0 aromatic rings. The van der Waals surface area contributed by atoms with Crippen molar-refractivity contribution < 1.29 is 14.7 Å². The van der Waals surface area contributed by atoms with Crippen LogP contribution in [0.5, 0.6) is 0 Å². The molecule has 0 saturated heterocycles. The van der Waals surface area contributed by atoms with Crippen LogP contribution in [0.25, 0.3) is 0 Å². The van der Waals surface area contributed by atoms with Crippen molar-refractivity contribution in [2.24, 2.45) is 0 Å². The lowest BCUT2D eigenvalue weighted by Crippen LogP contribution is -2.38. The van der Waals surface area contributed by atoms with E-state index in [9.17, 15) is 9.59 Å². The molecule has 3 N–H and O–H groups in total. The molecule has 0 aliphatic carbocycles. The number of urea groups is 1. The molecule has 0 spiro atoms. The van der Waals surface area contributed by atoms with Gasteiger partial charge < -0.3 is 15.7 Å². The van der Waals surface area contributed by atoms with E-state index in [1.807, 2.05) is 0 Å².